The summed E-state index contributed by atoms with van der Waals surface area (Å²) in [7, 11) is 2.14. The van der Waals surface area contributed by atoms with Gasteiger partial charge in [-0.3, -0.25) is 0 Å². The smallest absolute Gasteiger partial charge is 0.0802 e. The number of benzene rings is 1. The Morgan fingerprint density at radius 3 is 2.26 bits per heavy atom. The summed E-state index contributed by atoms with van der Waals surface area (Å²) in [5.74, 6) is 0.717. The number of aliphatic hydroxyl groups excluding tert-OH is 1. The van der Waals surface area contributed by atoms with E-state index in [1.54, 1.807) is 0 Å². The van der Waals surface area contributed by atoms with E-state index in [2.05, 4.69) is 48.6 Å². The van der Waals surface area contributed by atoms with Gasteiger partial charge in [-0.1, -0.05) is 41.9 Å². The van der Waals surface area contributed by atoms with Crippen molar-refractivity contribution in [2.45, 2.75) is 45.8 Å². The van der Waals surface area contributed by atoms with E-state index in [0.29, 0.717) is 12.0 Å². The standard InChI is InChI=1S/C16H26BrNO/c1-12(2)11-13(3)18(4)10-9-16(19)14-5-7-15(17)8-6-14/h5-8,12-13,16,19H,9-11H2,1-4H3. The Morgan fingerprint density at radius 1 is 1.16 bits per heavy atom. The van der Waals surface area contributed by atoms with Gasteiger partial charge in [-0.2, -0.15) is 0 Å². The van der Waals surface area contributed by atoms with Gasteiger partial charge in [-0.15, -0.1) is 0 Å². The molecule has 0 amide bonds. The first-order valence-electron chi connectivity index (χ1n) is 7.04. The highest BCUT2D eigenvalue weighted by atomic mass is 79.9. The van der Waals surface area contributed by atoms with Crippen LogP contribution in [-0.2, 0) is 0 Å². The second-order valence-corrected chi connectivity index (χ2v) is 6.73. The molecule has 1 aromatic carbocycles. The van der Waals surface area contributed by atoms with Gasteiger partial charge in [0.05, 0.1) is 6.10 Å². The molecule has 2 atom stereocenters. The summed E-state index contributed by atoms with van der Waals surface area (Å²) in [6, 6.07) is 8.48. The van der Waals surface area contributed by atoms with E-state index in [9.17, 15) is 5.11 Å². The molecule has 1 N–H and O–H groups in total. The molecular formula is C16H26BrNO. The molecule has 0 radical (unpaired) electrons. The SMILES string of the molecule is CC(C)CC(C)N(C)CCC(O)c1ccc(Br)cc1. The first kappa shape index (κ1) is 16.7. The fraction of sp³-hybridized carbons (Fsp3) is 0.625. The molecule has 0 bridgehead atoms. The zero-order valence-electron chi connectivity index (χ0n) is 12.4. The van der Waals surface area contributed by atoms with Crippen molar-refractivity contribution in [2.24, 2.45) is 5.92 Å². The molecule has 0 fully saturated rings. The van der Waals surface area contributed by atoms with Crippen molar-refractivity contribution in [3.05, 3.63) is 34.3 Å². The fourth-order valence-electron chi connectivity index (χ4n) is 2.26. The molecule has 3 heteroatoms. The summed E-state index contributed by atoms with van der Waals surface area (Å²) in [6.45, 7) is 7.68. The van der Waals surface area contributed by atoms with Crippen molar-refractivity contribution in [3.63, 3.8) is 0 Å². The van der Waals surface area contributed by atoms with E-state index < -0.39 is 0 Å². The number of halogens is 1. The molecule has 2 unspecified atom stereocenters. The third-order valence-electron chi connectivity index (χ3n) is 3.57. The molecule has 0 saturated carbocycles. The summed E-state index contributed by atoms with van der Waals surface area (Å²) in [5.41, 5.74) is 0.994. The Morgan fingerprint density at radius 2 is 1.74 bits per heavy atom. The third-order valence-corrected chi connectivity index (χ3v) is 4.10. The fourth-order valence-corrected chi connectivity index (χ4v) is 2.52. The van der Waals surface area contributed by atoms with Gasteiger partial charge in [0.25, 0.3) is 0 Å². The molecule has 0 heterocycles. The highest BCUT2D eigenvalue weighted by Gasteiger charge is 2.13. The zero-order valence-corrected chi connectivity index (χ0v) is 14.0. The van der Waals surface area contributed by atoms with Crippen LogP contribution in [0, 0.1) is 5.92 Å². The predicted octanol–water partition coefficient (Wildman–Crippen LogP) is 4.24. The van der Waals surface area contributed by atoms with Gasteiger partial charge in [-0.05, 0) is 50.4 Å². The first-order valence-corrected chi connectivity index (χ1v) is 7.83. The zero-order chi connectivity index (χ0) is 14.4. The van der Waals surface area contributed by atoms with Gasteiger partial charge in [-0.25, -0.2) is 0 Å². The van der Waals surface area contributed by atoms with Crippen molar-refractivity contribution in [2.75, 3.05) is 13.6 Å². The summed E-state index contributed by atoms with van der Waals surface area (Å²) in [4.78, 5) is 2.34. The molecule has 0 aliphatic rings. The normalized spacial score (nSPS) is 14.9. The Balaban J connectivity index is 2.41. The van der Waals surface area contributed by atoms with Crippen molar-refractivity contribution >= 4 is 15.9 Å². The van der Waals surface area contributed by atoms with Crippen LogP contribution in [0.15, 0.2) is 28.7 Å². The van der Waals surface area contributed by atoms with Crippen LogP contribution in [0.3, 0.4) is 0 Å². The summed E-state index contributed by atoms with van der Waals surface area (Å²) < 4.78 is 1.05. The number of rotatable bonds is 7. The Hall–Kier alpha value is -0.380. The maximum absolute atomic E-state index is 10.2. The van der Waals surface area contributed by atoms with Crippen molar-refractivity contribution in [1.29, 1.82) is 0 Å². The Labute approximate surface area is 126 Å². The highest BCUT2D eigenvalue weighted by molar-refractivity contribution is 9.10. The molecule has 0 aliphatic heterocycles. The first-order chi connectivity index (χ1) is 8.90. The quantitative estimate of drug-likeness (QED) is 0.809. The van der Waals surface area contributed by atoms with E-state index in [1.165, 1.54) is 6.42 Å². The number of hydrogen-bond acceptors (Lipinski definition) is 2. The summed E-state index contributed by atoms with van der Waals surface area (Å²) in [6.07, 6.45) is 1.60. The average molecular weight is 328 g/mol. The molecular weight excluding hydrogens is 302 g/mol. The monoisotopic (exact) mass is 327 g/mol. The molecule has 0 saturated heterocycles. The van der Waals surface area contributed by atoms with Gasteiger partial charge in [0.2, 0.25) is 0 Å². The van der Waals surface area contributed by atoms with Gasteiger partial charge >= 0.3 is 0 Å². The van der Waals surface area contributed by atoms with Crippen LogP contribution in [0.1, 0.15) is 45.3 Å². The van der Waals surface area contributed by atoms with Gasteiger partial charge in [0.1, 0.15) is 0 Å². The largest absolute Gasteiger partial charge is 0.388 e. The number of nitrogens with zero attached hydrogens (tertiary/aromatic N) is 1. The van der Waals surface area contributed by atoms with Gasteiger partial charge in [0.15, 0.2) is 0 Å². The minimum Gasteiger partial charge on any atom is -0.388 e. The Kier molecular flexibility index (Phi) is 7.05. The van der Waals surface area contributed by atoms with Crippen molar-refractivity contribution < 1.29 is 5.11 Å². The lowest BCUT2D eigenvalue weighted by Gasteiger charge is -2.27. The molecule has 0 spiro atoms. The maximum Gasteiger partial charge on any atom is 0.0802 e. The second kappa shape index (κ2) is 8.03. The molecule has 0 aliphatic carbocycles. The minimum atomic E-state index is -0.373. The van der Waals surface area contributed by atoms with E-state index in [1.807, 2.05) is 24.3 Å². The van der Waals surface area contributed by atoms with Crippen molar-refractivity contribution in [1.82, 2.24) is 4.90 Å². The maximum atomic E-state index is 10.2. The topological polar surface area (TPSA) is 23.5 Å². The van der Waals surface area contributed by atoms with Crippen LogP contribution < -0.4 is 0 Å². The van der Waals surface area contributed by atoms with Crippen LogP contribution in [0.4, 0.5) is 0 Å². The number of aliphatic hydroxyl groups is 1. The lowest BCUT2D eigenvalue weighted by atomic mass is 10.0. The third kappa shape index (κ3) is 6.07. The second-order valence-electron chi connectivity index (χ2n) is 5.82. The van der Waals surface area contributed by atoms with Crippen LogP contribution in [0.5, 0.6) is 0 Å². The van der Waals surface area contributed by atoms with E-state index in [4.69, 9.17) is 0 Å². The Bertz CT molecular complexity index is 364. The van der Waals surface area contributed by atoms with E-state index in [0.717, 1.165) is 23.0 Å². The summed E-state index contributed by atoms with van der Waals surface area (Å²) >= 11 is 3.41. The molecule has 0 aromatic heterocycles. The molecule has 108 valence electrons. The van der Waals surface area contributed by atoms with Crippen molar-refractivity contribution in [3.8, 4) is 0 Å². The van der Waals surface area contributed by atoms with Crippen LogP contribution >= 0.6 is 15.9 Å². The molecule has 19 heavy (non-hydrogen) atoms. The summed E-state index contributed by atoms with van der Waals surface area (Å²) in [5, 5.41) is 10.2. The van der Waals surface area contributed by atoms with Crippen LogP contribution in [0.25, 0.3) is 0 Å². The molecule has 2 nitrogen and oxygen atoms in total. The van der Waals surface area contributed by atoms with Gasteiger partial charge in [0, 0.05) is 17.1 Å². The average Bonchev–Trinajstić information content (AvgIpc) is 2.35. The van der Waals surface area contributed by atoms with E-state index >= 15 is 0 Å². The highest BCUT2D eigenvalue weighted by Crippen LogP contribution is 2.20. The van der Waals surface area contributed by atoms with Crippen LogP contribution in [-0.4, -0.2) is 29.6 Å². The predicted molar refractivity (Wildman–Crippen MR) is 85.3 cm³/mol. The lowest BCUT2D eigenvalue weighted by Crippen LogP contribution is -2.31. The molecule has 1 rings (SSSR count). The number of hydrogen-bond donors (Lipinski definition) is 1. The minimum absolute atomic E-state index is 0.373. The van der Waals surface area contributed by atoms with Crippen LogP contribution in [0.2, 0.25) is 0 Å². The van der Waals surface area contributed by atoms with Gasteiger partial charge < -0.3 is 10.0 Å². The van der Waals surface area contributed by atoms with E-state index in [-0.39, 0.29) is 6.10 Å². The molecule has 1 aromatic rings. The lowest BCUT2D eigenvalue weighted by molar-refractivity contribution is 0.134.